The van der Waals surface area contributed by atoms with E-state index in [1.54, 1.807) is 25.3 Å². The number of amides is 1. The number of carbonyl (C=O) groups excluding carboxylic acids is 1. The lowest BCUT2D eigenvalue weighted by molar-refractivity contribution is 0.0948. The zero-order chi connectivity index (χ0) is 17.9. The van der Waals surface area contributed by atoms with Gasteiger partial charge in [-0.2, -0.15) is 0 Å². The fourth-order valence-corrected chi connectivity index (χ4v) is 6.47. The van der Waals surface area contributed by atoms with Crippen LogP contribution in [0.1, 0.15) is 16.8 Å². The molecule has 2 atom stereocenters. The number of aliphatic imine (C=N–C) groups is 1. The smallest absolute Gasteiger partial charge is 0.251 e. The van der Waals surface area contributed by atoms with Gasteiger partial charge in [-0.3, -0.25) is 9.79 Å². The van der Waals surface area contributed by atoms with E-state index in [1.807, 2.05) is 6.07 Å². The lowest BCUT2D eigenvalue weighted by atomic mass is 10.2. The molecule has 1 aromatic rings. The number of benzene rings is 1. The number of anilines is 1. The maximum absolute atomic E-state index is 12.1. The molecule has 1 fully saturated rings. The molecule has 1 aromatic carbocycles. The number of hydrogen-bond donors (Lipinski definition) is 2. The number of nitrogens with one attached hydrogen (secondary N) is 2. The fraction of sp³-hybridized carbons (Fsp3) is 0.500. The highest BCUT2D eigenvalue weighted by atomic mass is 32.2. The summed E-state index contributed by atoms with van der Waals surface area (Å²) in [6.45, 7) is 1.17. The number of sulfone groups is 1. The normalized spacial score (nSPS) is 23.8. The number of fused-ring (bicyclic) bond motifs is 1. The Morgan fingerprint density at radius 1 is 1.40 bits per heavy atom. The van der Waals surface area contributed by atoms with Gasteiger partial charge in [-0.1, -0.05) is 17.8 Å². The average molecular weight is 383 g/mol. The molecule has 3 rings (SSSR count). The van der Waals surface area contributed by atoms with Gasteiger partial charge in [0.25, 0.3) is 5.91 Å². The number of amidine groups is 1. The first kappa shape index (κ1) is 18.2. The largest absolute Gasteiger partial charge is 0.385 e. The van der Waals surface area contributed by atoms with Crippen LogP contribution in [0.25, 0.3) is 0 Å². The molecule has 0 aromatic heterocycles. The zero-order valence-electron chi connectivity index (χ0n) is 13.9. The average Bonchev–Trinajstić information content (AvgIpc) is 3.04. The van der Waals surface area contributed by atoms with E-state index in [2.05, 4.69) is 15.6 Å². The molecule has 2 N–H and O–H groups in total. The number of thioether (sulfide) groups is 1. The van der Waals surface area contributed by atoms with E-state index in [0.29, 0.717) is 23.9 Å². The summed E-state index contributed by atoms with van der Waals surface area (Å²) < 4.78 is 28.2. The SMILES string of the molecule is COCCCNC(=O)c1cccc(NC2=N[C@H]3CS(=O)(=O)C[C@H]3S2)c1. The van der Waals surface area contributed by atoms with Crippen molar-refractivity contribution in [1.82, 2.24) is 5.32 Å². The van der Waals surface area contributed by atoms with Gasteiger partial charge in [-0.15, -0.1) is 0 Å². The highest BCUT2D eigenvalue weighted by Gasteiger charge is 2.42. The molecule has 1 amide bonds. The van der Waals surface area contributed by atoms with E-state index >= 15 is 0 Å². The third kappa shape index (κ3) is 4.74. The van der Waals surface area contributed by atoms with Crippen molar-refractivity contribution in [2.45, 2.75) is 17.7 Å². The molecule has 25 heavy (non-hydrogen) atoms. The van der Waals surface area contributed by atoms with E-state index in [4.69, 9.17) is 4.74 Å². The van der Waals surface area contributed by atoms with Gasteiger partial charge >= 0.3 is 0 Å². The predicted octanol–water partition coefficient (Wildman–Crippen LogP) is 1.13. The van der Waals surface area contributed by atoms with Crippen LogP contribution in [-0.4, -0.2) is 62.6 Å². The lowest BCUT2D eigenvalue weighted by Crippen LogP contribution is -2.25. The van der Waals surface area contributed by atoms with E-state index in [1.165, 1.54) is 11.8 Å². The van der Waals surface area contributed by atoms with Crippen LogP contribution in [0.15, 0.2) is 29.3 Å². The molecule has 2 aliphatic rings. The molecule has 9 heteroatoms. The standard InChI is InChI=1S/C16H21N3O4S2/c1-23-7-3-6-17-15(20)11-4-2-5-12(8-11)18-16-19-13-9-25(21,22)10-14(13)24-16/h2,4-5,8,13-14H,3,6-7,9-10H2,1H3,(H,17,20)(H,18,19)/t13-,14+/m0/s1. The fourth-order valence-electron chi connectivity index (χ4n) is 2.80. The summed E-state index contributed by atoms with van der Waals surface area (Å²) in [6, 6.07) is 7.01. The van der Waals surface area contributed by atoms with Crippen molar-refractivity contribution in [3.8, 4) is 0 Å². The van der Waals surface area contributed by atoms with Crippen LogP contribution in [-0.2, 0) is 14.6 Å². The van der Waals surface area contributed by atoms with E-state index < -0.39 is 9.84 Å². The van der Waals surface area contributed by atoms with Crippen LogP contribution in [0, 0.1) is 0 Å². The third-order valence-electron chi connectivity index (χ3n) is 4.00. The van der Waals surface area contributed by atoms with Gasteiger partial charge in [0.2, 0.25) is 0 Å². The van der Waals surface area contributed by atoms with Crippen molar-refractivity contribution in [3.63, 3.8) is 0 Å². The van der Waals surface area contributed by atoms with Gasteiger partial charge in [0, 0.05) is 36.8 Å². The van der Waals surface area contributed by atoms with Crippen molar-refractivity contribution in [2.75, 3.05) is 37.1 Å². The molecule has 136 valence electrons. The highest BCUT2D eigenvalue weighted by molar-refractivity contribution is 8.15. The molecule has 1 saturated heterocycles. The van der Waals surface area contributed by atoms with Gasteiger partial charge in [0.1, 0.15) is 0 Å². The molecule has 0 radical (unpaired) electrons. The number of methoxy groups -OCH3 is 1. The van der Waals surface area contributed by atoms with Crippen LogP contribution in [0.5, 0.6) is 0 Å². The molecular weight excluding hydrogens is 362 g/mol. The van der Waals surface area contributed by atoms with Gasteiger partial charge in [-0.25, -0.2) is 8.42 Å². The van der Waals surface area contributed by atoms with Crippen molar-refractivity contribution in [1.29, 1.82) is 0 Å². The Hall–Kier alpha value is -1.58. The summed E-state index contributed by atoms with van der Waals surface area (Å²) in [4.78, 5) is 16.6. The van der Waals surface area contributed by atoms with E-state index in [-0.39, 0.29) is 28.7 Å². The number of ether oxygens (including phenoxy) is 1. The van der Waals surface area contributed by atoms with Crippen molar-refractivity contribution in [2.24, 2.45) is 4.99 Å². The Bertz CT molecular complexity index is 779. The summed E-state index contributed by atoms with van der Waals surface area (Å²) in [7, 11) is -1.32. The Morgan fingerprint density at radius 3 is 3.00 bits per heavy atom. The molecule has 0 bridgehead atoms. The van der Waals surface area contributed by atoms with Crippen molar-refractivity contribution < 1.29 is 17.9 Å². The van der Waals surface area contributed by atoms with E-state index in [9.17, 15) is 13.2 Å². The first-order chi connectivity index (χ1) is 12.0. The van der Waals surface area contributed by atoms with Crippen molar-refractivity contribution >= 4 is 38.4 Å². The van der Waals surface area contributed by atoms with Crippen LogP contribution in [0.4, 0.5) is 5.69 Å². The number of rotatable bonds is 6. The molecule has 0 spiro atoms. The zero-order valence-corrected chi connectivity index (χ0v) is 15.5. The summed E-state index contributed by atoms with van der Waals surface area (Å²) in [5.74, 6) is 0.171. The summed E-state index contributed by atoms with van der Waals surface area (Å²) in [6.07, 6.45) is 0.763. The predicted molar refractivity (Wildman–Crippen MR) is 100 cm³/mol. The number of nitrogens with zero attached hydrogens (tertiary/aromatic N) is 1. The van der Waals surface area contributed by atoms with Gasteiger partial charge in [0.05, 0.1) is 17.5 Å². The molecule has 0 saturated carbocycles. The van der Waals surface area contributed by atoms with Gasteiger partial charge < -0.3 is 15.4 Å². The Balaban J connectivity index is 1.58. The number of hydrogen-bond acceptors (Lipinski definition) is 7. The van der Waals surface area contributed by atoms with Crippen LogP contribution < -0.4 is 10.6 Å². The highest BCUT2D eigenvalue weighted by Crippen LogP contribution is 2.34. The topological polar surface area (TPSA) is 96.9 Å². The quantitative estimate of drug-likeness (QED) is 0.715. The summed E-state index contributed by atoms with van der Waals surface area (Å²) in [5, 5.41) is 6.74. The first-order valence-electron chi connectivity index (χ1n) is 8.06. The summed E-state index contributed by atoms with van der Waals surface area (Å²) >= 11 is 1.46. The molecular formula is C16H21N3O4S2. The lowest BCUT2D eigenvalue weighted by Gasteiger charge is -2.09. The Labute approximate surface area is 151 Å². The second-order valence-corrected chi connectivity index (χ2v) is 9.42. The second-order valence-electron chi connectivity index (χ2n) is 6.04. The molecule has 7 nitrogen and oxygen atoms in total. The third-order valence-corrected chi connectivity index (χ3v) is 7.15. The van der Waals surface area contributed by atoms with Crippen LogP contribution in [0.3, 0.4) is 0 Å². The number of carbonyl (C=O) groups is 1. The minimum atomic E-state index is -2.95. The minimum absolute atomic E-state index is 0.000217. The van der Waals surface area contributed by atoms with Crippen LogP contribution >= 0.6 is 11.8 Å². The molecule has 0 aliphatic carbocycles. The second kappa shape index (κ2) is 7.76. The monoisotopic (exact) mass is 383 g/mol. The minimum Gasteiger partial charge on any atom is -0.385 e. The first-order valence-corrected chi connectivity index (χ1v) is 10.8. The van der Waals surface area contributed by atoms with Gasteiger partial charge in [0.15, 0.2) is 15.0 Å². The molecule has 0 unspecified atom stereocenters. The van der Waals surface area contributed by atoms with Crippen molar-refractivity contribution in [3.05, 3.63) is 29.8 Å². The molecule has 2 heterocycles. The Morgan fingerprint density at radius 2 is 2.24 bits per heavy atom. The van der Waals surface area contributed by atoms with Crippen LogP contribution in [0.2, 0.25) is 0 Å². The summed E-state index contributed by atoms with van der Waals surface area (Å²) in [5.41, 5.74) is 1.33. The van der Waals surface area contributed by atoms with Gasteiger partial charge in [-0.05, 0) is 24.6 Å². The van der Waals surface area contributed by atoms with E-state index in [0.717, 1.165) is 12.1 Å². The molecule has 2 aliphatic heterocycles. The Kier molecular flexibility index (Phi) is 5.65. The maximum atomic E-state index is 12.1. The maximum Gasteiger partial charge on any atom is 0.251 e.